The zero-order valence-electron chi connectivity index (χ0n) is 49.2. The molecule has 0 heterocycles. The van der Waals surface area contributed by atoms with Gasteiger partial charge in [-0.1, -0.05) is 257 Å². The van der Waals surface area contributed by atoms with Crippen LogP contribution < -0.4 is 5.73 Å². The fraction of sp³-hybridized carbons (Fsp3) is 0.672. The Labute approximate surface area is 472 Å². The smallest absolute Gasteiger partial charge is 0.462 e. The van der Waals surface area contributed by atoms with E-state index in [1.54, 1.807) is 0 Å². The van der Waals surface area contributed by atoms with Gasteiger partial charge in [-0.05, 0) is 109 Å². The normalized spacial score (nSPS) is 13.9. The number of ether oxygens (including phenoxy) is 2. The van der Waals surface area contributed by atoms with E-state index < -0.39 is 26.5 Å². The summed E-state index contributed by atoms with van der Waals surface area (Å²) in [7, 11) is -4.40. The minimum absolute atomic E-state index is 0.0460. The van der Waals surface area contributed by atoms with E-state index in [1.807, 2.05) is 0 Å². The Morgan fingerprint density at radius 1 is 0.403 bits per heavy atom. The van der Waals surface area contributed by atoms with E-state index in [4.69, 9.17) is 24.3 Å². The Bertz CT molecular complexity index is 1670. The Balaban J connectivity index is 4.02. The molecule has 0 bridgehead atoms. The van der Waals surface area contributed by atoms with Gasteiger partial charge < -0.3 is 20.1 Å². The summed E-state index contributed by atoms with van der Waals surface area (Å²) in [5, 5.41) is 0. The minimum Gasteiger partial charge on any atom is -0.462 e. The fourth-order valence-electron chi connectivity index (χ4n) is 8.27. The molecule has 0 spiro atoms. The first-order chi connectivity index (χ1) is 37.8. The molecule has 440 valence electrons. The van der Waals surface area contributed by atoms with Gasteiger partial charge in [0.25, 0.3) is 0 Å². The lowest BCUT2D eigenvalue weighted by molar-refractivity contribution is -0.161. The molecule has 0 saturated carbocycles. The predicted molar refractivity (Wildman–Crippen MR) is 330 cm³/mol. The lowest BCUT2D eigenvalue weighted by Crippen LogP contribution is -2.29. The van der Waals surface area contributed by atoms with Gasteiger partial charge in [-0.25, -0.2) is 4.57 Å². The van der Waals surface area contributed by atoms with Crippen molar-refractivity contribution in [1.29, 1.82) is 0 Å². The van der Waals surface area contributed by atoms with Crippen molar-refractivity contribution in [3.8, 4) is 0 Å². The number of phosphoric acid groups is 1. The van der Waals surface area contributed by atoms with E-state index in [0.717, 1.165) is 103 Å². The number of hydrogen-bond acceptors (Lipinski definition) is 8. The van der Waals surface area contributed by atoms with Gasteiger partial charge in [0.05, 0.1) is 13.2 Å². The quantitative estimate of drug-likeness (QED) is 0.0264. The highest BCUT2D eigenvalue weighted by Gasteiger charge is 2.26. The molecular formula is C67H114NO8P. The summed E-state index contributed by atoms with van der Waals surface area (Å²) >= 11 is 0. The summed E-state index contributed by atoms with van der Waals surface area (Å²) in [6.07, 6.45) is 85.4. The molecule has 9 nitrogen and oxygen atoms in total. The number of allylic oxidation sites excluding steroid dienone is 20. The van der Waals surface area contributed by atoms with Crippen molar-refractivity contribution >= 4 is 19.8 Å². The maximum atomic E-state index is 12.7. The van der Waals surface area contributed by atoms with Gasteiger partial charge in [-0.15, -0.1) is 0 Å². The number of unbranched alkanes of at least 4 members (excludes halogenated alkanes) is 24. The largest absolute Gasteiger partial charge is 0.472 e. The third kappa shape index (κ3) is 61.5. The van der Waals surface area contributed by atoms with Crippen LogP contribution in [0.1, 0.15) is 258 Å². The summed E-state index contributed by atoms with van der Waals surface area (Å²) in [6.45, 7) is 3.61. The van der Waals surface area contributed by atoms with E-state index in [9.17, 15) is 19.0 Å². The van der Waals surface area contributed by atoms with Crippen molar-refractivity contribution in [2.75, 3.05) is 26.4 Å². The molecule has 0 radical (unpaired) electrons. The van der Waals surface area contributed by atoms with E-state index in [-0.39, 0.29) is 38.6 Å². The van der Waals surface area contributed by atoms with Crippen molar-refractivity contribution < 1.29 is 37.6 Å². The van der Waals surface area contributed by atoms with Crippen molar-refractivity contribution in [3.63, 3.8) is 0 Å². The molecule has 0 rings (SSSR count). The Hall–Kier alpha value is -3.59. The molecule has 0 amide bonds. The molecule has 0 aromatic heterocycles. The molecule has 3 N–H and O–H groups in total. The van der Waals surface area contributed by atoms with Crippen molar-refractivity contribution in [3.05, 3.63) is 122 Å². The zero-order chi connectivity index (χ0) is 55.9. The van der Waals surface area contributed by atoms with Crippen LogP contribution in [0.2, 0.25) is 0 Å². The van der Waals surface area contributed by atoms with Crippen LogP contribution in [0.4, 0.5) is 0 Å². The van der Waals surface area contributed by atoms with Gasteiger partial charge in [0.15, 0.2) is 6.10 Å². The highest BCUT2D eigenvalue weighted by atomic mass is 31.2. The summed E-state index contributed by atoms with van der Waals surface area (Å²) in [5.74, 6) is -0.842. The van der Waals surface area contributed by atoms with Gasteiger partial charge in [-0.3, -0.25) is 18.6 Å². The summed E-state index contributed by atoms with van der Waals surface area (Å²) in [6, 6.07) is 0. The molecule has 0 aliphatic carbocycles. The van der Waals surface area contributed by atoms with Gasteiger partial charge in [-0.2, -0.15) is 0 Å². The van der Waals surface area contributed by atoms with Crippen LogP contribution in [0.3, 0.4) is 0 Å². The molecule has 0 fully saturated rings. The minimum atomic E-state index is -4.40. The number of phosphoric ester groups is 1. The number of carbonyl (C=O) groups is 2. The Morgan fingerprint density at radius 2 is 0.714 bits per heavy atom. The average molecular weight is 1090 g/mol. The first kappa shape index (κ1) is 73.4. The summed E-state index contributed by atoms with van der Waals surface area (Å²) in [5.41, 5.74) is 5.39. The molecule has 10 heteroatoms. The van der Waals surface area contributed by atoms with Crippen molar-refractivity contribution in [1.82, 2.24) is 0 Å². The van der Waals surface area contributed by atoms with Crippen LogP contribution in [0.5, 0.6) is 0 Å². The van der Waals surface area contributed by atoms with Crippen LogP contribution in [0, 0.1) is 0 Å². The van der Waals surface area contributed by atoms with E-state index in [0.29, 0.717) is 6.42 Å². The number of nitrogens with two attached hydrogens (primary N) is 1. The first-order valence-corrected chi connectivity index (χ1v) is 32.5. The highest BCUT2D eigenvalue weighted by Crippen LogP contribution is 2.43. The van der Waals surface area contributed by atoms with Gasteiger partial charge in [0.1, 0.15) is 6.61 Å². The molecule has 0 aromatic carbocycles. The third-order valence-corrected chi connectivity index (χ3v) is 13.8. The van der Waals surface area contributed by atoms with Crippen LogP contribution in [-0.4, -0.2) is 49.3 Å². The molecule has 0 saturated heterocycles. The summed E-state index contributed by atoms with van der Waals surface area (Å²) in [4.78, 5) is 35.3. The van der Waals surface area contributed by atoms with Crippen molar-refractivity contribution in [2.45, 2.75) is 264 Å². The van der Waals surface area contributed by atoms with Crippen LogP contribution in [0.25, 0.3) is 0 Å². The SMILES string of the molecule is CC/C=C\C/C=C\C/C=C\C/C=C\C/C=C\C/C=C\C/C=C\C/C=C\CCCCCCCCCCC(=O)OC(COC(=O)CCCCCCCCCCCCC/C=C\C/C=C\CCCCCCC)COP(=O)(O)OCCN. The third-order valence-electron chi connectivity index (χ3n) is 12.8. The van der Waals surface area contributed by atoms with Gasteiger partial charge in [0, 0.05) is 19.4 Å². The summed E-state index contributed by atoms with van der Waals surface area (Å²) < 4.78 is 33.1. The van der Waals surface area contributed by atoms with E-state index in [2.05, 4.69) is 135 Å². The Kier molecular flexibility index (Phi) is 58.7. The van der Waals surface area contributed by atoms with E-state index in [1.165, 1.54) is 122 Å². The highest BCUT2D eigenvalue weighted by molar-refractivity contribution is 7.47. The number of rotatable bonds is 57. The lowest BCUT2D eigenvalue weighted by atomic mass is 10.0. The zero-order valence-corrected chi connectivity index (χ0v) is 50.0. The molecule has 0 aliphatic heterocycles. The standard InChI is InChI=1S/C67H114NO8P/c1-3-5-7-9-11-13-15-17-19-21-23-25-27-28-29-30-31-32-33-34-35-36-38-40-42-44-46-48-50-52-54-56-58-60-67(70)76-65(64-75-77(71,72)74-62-61-68)63-73-66(69)59-57-55-53-51-49-47-45-43-41-39-37-26-24-22-20-18-16-14-12-10-8-6-4-2/h5,7,11,13,16-19,22-25,28-29,31-32,34-35,38,40,65H,3-4,6,8-10,12,14-15,20-21,26-27,30,33,36-37,39,41-64,68H2,1-2H3,(H,71,72)/b7-5-,13-11-,18-16-,19-17-,24-22-,25-23-,29-28-,32-31-,35-34-,40-38-. The average Bonchev–Trinajstić information content (AvgIpc) is 3.42. The fourth-order valence-corrected chi connectivity index (χ4v) is 9.04. The second-order valence-corrected chi connectivity index (χ2v) is 21.6. The van der Waals surface area contributed by atoms with Gasteiger partial charge >= 0.3 is 19.8 Å². The molecule has 0 aromatic rings. The molecule has 0 aliphatic rings. The molecule has 77 heavy (non-hydrogen) atoms. The second-order valence-electron chi connectivity index (χ2n) is 20.2. The van der Waals surface area contributed by atoms with Crippen LogP contribution in [-0.2, 0) is 32.7 Å². The maximum Gasteiger partial charge on any atom is 0.472 e. The van der Waals surface area contributed by atoms with Crippen LogP contribution >= 0.6 is 7.82 Å². The first-order valence-electron chi connectivity index (χ1n) is 31.0. The van der Waals surface area contributed by atoms with E-state index >= 15 is 0 Å². The molecule has 2 unspecified atom stereocenters. The van der Waals surface area contributed by atoms with Gasteiger partial charge in [0.2, 0.25) is 0 Å². The number of carbonyl (C=O) groups excluding carboxylic acids is 2. The molecule has 2 atom stereocenters. The number of hydrogen-bond donors (Lipinski definition) is 2. The lowest BCUT2D eigenvalue weighted by Gasteiger charge is -2.19. The maximum absolute atomic E-state index is 12.7. The monoisotopic (exact) mass is 1090 g/mol. The van der Waals surface area contributed by atoms with Crippen LogP contribution in [0.15, 0.2) is 122 Å². The Morgan fingerprint density at radius 3 is 1.06 bits per heavy atom. The second kappa shape index (κ2) is 61.6. The number of esters is 2. The van der Waals surface area contributed by atoms with Crippen molar-refractivity contribution in [2.24, 2.45) is 5.73 Å². The predicted octanol–water partition coefficient (Wildman–Crippen LogP) is 20.0. The topological polar surface area (TPSA) is 134 Å². The molecular weight excluding hydrogens is 978 g/mol.